The van der Waals surface area contributed by atoms with Gasteiger partial charge in [0.15, 0.2) is 0 Å². The Morgan fingerprint density at radius 3 is 1.87 bits per heavy atom. The van der Waals surface area contributed by atoms with Crippen LogP contribution in [0.2, 0.25) is 0 Å². The normalized spacial score (nSPS) is 27.5. The van der Waals surface area contributed by atoms with Gasteiger partial charge in [-0.1, -0.05) is 109 Å². The molecule has 0 unspecified atom stereocenters. The van der Waals surface area contributed by atoms with Crippen LogP contribution in [0.5, 0.6) is 0 Å². The monoisotopic (exact) mass is 404 g/mol. The molecular formula is C28H36O2. The molecule has 1 aliphatic rings. The molecule has 3 atom stereocenters. The fraction of sp³-hybridized carbons (Fsp3) is 0.464. The van der Waals surface area contributed by atoms with E-state index < -0.39 is 27.8 Å². The van der Waals surface area contributed by atoms with Crippen LogP contribution in [-0.2, 0) is 10.2 Å². The van der Waals surface area contributed by atoms with E-state index in [2.05, 4.69) is 31.2 Å². The van der Waals surface area contributed by atoms with Gasteiger partial charge in [-0.25, -0.2) is 0 Å². The van der Waals surface area contributed by atoms with Crippen LogP contribution in [-0.4, -0.2) is 16.5 Å². The van der Waals surface area contributed by atoms with Crippen LogP contribution in [0, 0.1) is 16.7 Å². The highest BCUT2D eigenvalue weighted by atomic mass is 16.3. The van der Waals surface area contributed by atoms with Crippen LogP contribution in [0.1, 0.15) is 66.0 Å². The third kappa shape index (κ3) is 3.78. The van der Waals surface area contributed by atoms with Gasteiger partial charge in [0.2, 0.25) is 0 Å². The van der Waals surface area contributed by atoms with E-state index in [0.717, 1.165) is 16.7 Å². The van der Waals surface area contributed by atoms with E-state index in [1.807, 2.05) is 84.0 Å². The Morgan fingerprint density at radius 2 is 1.40 bits per heavy atom. The van der Waals surface area contributed by atoms with Crippen LogP contribution < -0.4 is 0 Å². The van der Waals surface area contributed by atoms with Crippen molar-refractivity contribution in [1.82, 2.24) is 0 Å². The van der Waals surface area contributed by atoms with E-state index >= 15 is 0 Å². The molecule has 0 bridgehead atoms. The molecule has 0 amide bonds. The first kappa shape index (κ1) is 22.5. The molecular weight excluding hydrogens is 368 g/mol. The van der Waals surface area contributed by atoms with Crippen LogP contribution in [0.25, 0.3) is 5.57 Å². The minimum Gasteiger partial charge on any atom is -0.384 e. The first-order valence-electron chi connectivity index (χ1n) is 10.9. The summed E-state index contributed by atoms with van der Waals surface area (Å²) in [6.45, 7) is 14.1. The van der Waals surface area contributed by atoms with Crippen LogP contribution in [0.3, 0.4) is 0 Å². The van der Waals surface area contributed by atoms with Gasteiger partial charge in [-0.3, -0.25) is 4.79 Å². The van der Waals surface area contributed by atoms with Crippen molar-refractivity contribution < 1.29 is 9.90 Å². The second-order valence-electron chi connectivity index (χ2n) is 11.1. The van der Waals surface area contributed by atoms with E-state index in [9.17, 15) is 9.90 Å². The molecule has 160 valence electrons. The number of hydrogen-bond donors (Lipinski definition) is 1. The summed E-state index contributed by atoms with van der Waals surface area (Å²) < 4.78 is 0. The van der Waals surface area contributed by atoms with Gasteiger partial charge in [-0.05, 0) is 34.6 Å². The van der Waals surface area contributed by atoms with Crippen molar-refractivity contribution in [2.75, 3.05) is 0 Å². The van der Waals surface area contributed by atoms with Gasteiger partial charge in [-0.15, -0.1) is 0 Å². The molecule has 0 heterocycles. The number of carbonyl (C=O) groups excluding carboxylic acids is 1. The van der Waals surface area contributed by atoms with E-state index in [1.54, 1.807) is 0 Å². The quantitative estimate of drug-likeness (QED) is 0.639. The summed E-state index contributed by atoms with van der Waals surface area (Å²) in [5, 5.41) is 12.3. The highest BCUT2D eigenvalue weighted by Gasteiger charge is 2.60. The summed E-state index contributed by atoms with van der Waals surface area (Å²) in [6, 6.07) is 20.5. The predicted octanol–water partition coefficient (Wildman–Crippen LogP) is 6.44. The van der Waals surface area contributed by atoms with E-state index in [4.69, 9.17) is 0 Å². The molecule has 0 fully saturated rings. The standard InChI is InChI=1S/C28H36O2/c1-25(2,3)24(29)23-27(7,22-16-12-9-13-17-22)18-21(20-14-10-8-11-15-20)19-28(23,30)26(4,5)6/h8-17,19,23,30H,18H2,1-7H3/t23-,27-,28+/m1/s1. The zero-order valence-corrected chi connectivity index (χ0v) is 19.5. The first-order valence-corrected chi connectivity index (χ1v) is 10.9. The average molecular weight is 405 g/mol. The molecule has 0 saturated heterocycles. The van der Waals surface area contributed by atoms with Crippen molar-refractivity contribution >= 4 is 11.4 Å². The van der Waals surface area contributed by atoms with Gasteiger partial charge >= 0.3 is 0 Å². The lowest BCUT2D eigenvalue weighted by Gasteiger charge is -2.55. The summed E-state index contributed by atoms with van der Waals surface area (Å²) >= 11 is 0. The lowest BCUT2D eigenvalue weighted by molar-refractivity contribution is -0.153. The summed E-state index contributed by atoms with van der Waals surface area (Å²) in [6.07, 6.45) is 2.69. The molecule has 1 N–H and O–H groups in total. The Hall–Kier alpha value is -2.19. The van der Waals surface area contributed by atoms with Gasteiger partial charge in [0.05, 0.1) is 11.5 Å². The second-order valence-corrected chi connectivity index (χ2v) is 11.1. The summed E-state index contributed by atoms with van der Waals surface area (Å²) in [5.41, 5.74) is 0.393. The maximum Gasteiger partial charge on any atom is 0.145 e. The van der Waals surface area contributed by atoms with Crippen molar-refractivity contribution in [1.29, 1.82) is 0 Å². The SMILES string of the molecule is CC(C)(C)C(=O)[C@@H]1[C@@](C)(c2ccccc2)CC(c2ccccc2)=C[C@@]1(O)C(C)(C)C. The number of hydrogen-bond acceptors (Lipinski definition) is 2. The number of benzene rings is 2. The van der Waals surface area contributed by atoms with Gasteiger partial charge in [0.25, 0.3) is 0 Å². The second kappa shape index (κ2) is 7.50. The number of carbonyl (C=O) groups is 1. The van der Waals surface area contributed by atoms with Gasteiger partial charge in [0, 0.05) is 10.8 Å². The van der Waals surface area contributed by atoms with E-state index in [0.29, 0.717) is 6.42 Å². The van der Waals surface area contributed by atoms with Gasteiger partial charge in [-0.2, -0.15) is 0 Å². The fourth-order valence-corrected chi connectivity index (χ4v) is 4.88. The van der Waals surface area contributed by atoms with Gasteiger partial charge in [0.1, 0.15) is 5.78 Å². The van der Waals surface area contributed by atoms with Crippen LogP contribution >= 0.6 is 0 Å². The summed E-state index contributed by atoms with van der Waals surface area (Å²) in [7, 11) is 0. The Morgan fingerprint density at radius 1 is 0.900 bits per heavy atom. The lowest BCUT2D eigenvalue weighted by Crippen LogP contribution is -2.62. The highest BCUT2D eigenvalue weighted by molar-refractivity contribution is 5.91. The summed E-state index contributed by atoms with van der Waals surface area (Å²) in [5.74, 6) is -0.450. The fourth-order valence-electron chi connectivity index (χ4n) is 4.88. The number of allylic oxidation sites excluding steroid dienone is 1. The first-order chi connectivity index (χ1) is 13.8. The van der Waals surface area contributed by atoms with Crippen molar-refractivity contribution in [3.63, 3.8) is 0 Å². The Labute approximate surface area is 182 Å². The number of Topliss-reactive ketones (excluding diaryl/α,β-unsaturated/α-hetero) is 1. The molecule has 0 spiro atoms. The minimum absolute atomic E-state index is 0.106. The van der Waals surface area contributed by atoms with Crippen LogP contribution in [0.4, 0.5) is 0 Å². The van der Waals surface area contributed by atoms with E-state index in [-0.39, 0.29) is 5.78 Å². The molecule has 2 nitrogen and oxygen atoms in total. The number of ketones is 1. The predicted molar refractivity (Wildman–Crippen MR) is 125 cm³/mol. The van der Waals surface area contributed by atoms with Crippen molar-refractivity contribution in [3.8, 4) is 0 Å². The number of rotatable bonds is 3. The number of aliphatic hydroxyl groups is 1. The molecule has 0 saturated carbocycles. The molecule has 2 heteroatoms. The Kier molecular flexibility index (Phi) is 5.62. The minimum atomic E-state index is -1.29. The van der Waals surface area contributed by atoms with Crippen molar-refractivity contribution in [2.24, 2.45) is 16.7 Å². The van der Waals surface area contributed by atoms with E-state index in [1.165, 1.54) is 0 Å². The molecule has 0 aliphatic heterocycles. The topological polar surface area (TPSA) is 37.3 Å². The molecule has 3 rings (SSSR count). The van der Waals surface area contributed by atoms with Crippen molar-refractivity contribution in [3.05, 3.63) is 77.9 Å². The summed E-state index contributed by atoms with van der Waals surface area (Å²) in [4.78, 5) is 13.9. The average Bonchev–Trinajstić information content (AvgIpc) is 2.67. The molecule has 1 aliphatic carbocycles. The van der Waals surface area contributed by atoms with Gasteiger partial charge < -0.3 is 5.11 Å². The molecule has 2 aromatic carbocycles. The maximum atomic E-state index is 13.9. The zero-order chi connectivity index (χ0) is 22.4. The largest absolute Gasteiger partial charge is 0.384 e. The van der Waals surface area contributed by atoms with Crippen LogP contribution in [0.15, 0.2) is 66.7 Å². The lowest BCUT2D eigenvalue weighted by atomic mass is 9.50. The smallest absolute Gasteiger partial charge is 0.145 e. The Bertz CT molecular complexity index is 928. The molecule has 0 aromatic heterocycles. The Balaban J connectivity index is 2.34. The highest BCUT2D eigenvalue weighted by Crippen LogP contribution is 2.56. The zero-order valence-electron chi connectivity index (χ0n) is 19.5. The maximum absolute atomic E-state index is 13.9. The molecule has 30 heavy (non-hydrogen) atoms. The molecule has 0 radical (unpaired) electrons. The molecule has 2 aromatic rings. The third-order valence-electron chi connectivity index (χ3n) is 6.81. The third-order valence-corrected chi connectivity index (χ3v) is 6.81. The van der Waals surface area contributed by atoms with Crippen molar-refractivity contribution in [2.45, 2.75) is 65.9 Å².